The lowest BCUT2D eigenvalue weighted by molar-refractivity contribution is -0.174. The Morgan fingerprint density at radius 2 is 2.12 bits per heavy atom. The lowest BCUT2D eigenvalue weighted by Crippen LogP contribution is -2.49. The van der Waals surface area contributed by atoms with Crippen molar-refractivity contribution in [3.05, 3.63) is 0 Å². The third kappa shape index (κ3) is 3.21. The molecule has 0 radical (unpaired) electrons. The van der Waals surface area contributed by atoms with Gasteiger partial charge in [0, 0.05) is 5.92 Å². The van der Waals surface area contributed by atoms with Crippen molar-refractivity contribution >= 4 is 5.97 Å². The molecule has 1 aliphatic carbocycles. The highest BCUT2D eigenvalue weighted by Crippen LogP contribution is 2.45. The third-order valence-corrected chi connectivity index (χ3v) is 4.10. The largest absolute Gasteiger partial charge is 0.464 e. The van der Waals surface area contributed by atoms with Gasteiger partial charge in [-0.05, 0) is 44.4 Å². The van der Waals surface area contributed by atoms with Gasteiger partial charge in [-0.2, -0.15) is 0 Å². The summed E-state index contributed by atoms with van der Waals surface area (Å²) in [5, 5.41) is 10.4. The van der Waals surface area contributed by atoms with Crippen LogP contribution in [-0.4, -0.2) is 23.3 Å². The summed E-state index contributed by atoms with van der Waals surface area (Å²) in [6.07, 6.45) is 2.99. The van der Waals surface area contributed by atoms with E-state index in [4.69, 9.17) is 4.74 Å². The topological polar surface area (TPSA) is 46.5 Å². The number of hydrogen-bond acceptors (Lipinski definition) is 3. The van der Waals surface area contributed by atoms with Crippen LogP contribution in [0, 0.1) is 17.3 Å². The second-order valence-corrected chi connectivity index (χ2v) is 6.36. The maximum atomic E-state index is 11.8. The molecule has 0 amide bonds. The molecule has 1 fully saturated rings. The molecular weight excluding hydrogens is 216 g/mol. The number of hydrogen-bond donors (Lipinski definition) is 1. The average molecular weight is 242 g/mol. The zero-order valence-corrected chi connectivity index (χ0v) is 11.7. The van der Waals surface area contributed by atoms with Crippen molar-refractivity contribution in [1.29, 1.82) is 0 Å². The number of rotatable bonds is 3. The Morgan fingerprint density at radius 1 is 1.53 bits per heavy atom. The van der Waals surface area contributed by atoms with Crippen molar-refractivity contribution in [1.82, 2.24) is 0 Å². The summed E-state index contributed by atoms with van der Waals surface area (Å²) >= 11 is 0. The first kappa shape index (κ1) is 14.5. The molecule has 0 saturated heterocycles. The highest BCUT2D eigenvalue weighted by Gasteiger charge is 2.46. The molecule has 17 heavy (non-hydrogen) atoms. The number of esters is 1. The first-order chi connectivity index (χ1) is 7.70. The molecule has 3 heteroatoms. The van der Waals surface area contributed by atoms with Crippen molar-refractivity contribution in [3.63, 3.8) is 0 Å². The van der Waals surface area contributed by atoms with Crippen LogP contribution in [0.4, 0.5) is 0 Å². The van der Waals surface area contributed by atoms with Crippen molar-refractivity contribution in [2.45, 2.75) is 59.5 Å². The van der Waals surface area contributed by atoms with Crippen LogP contribution in [0.1, 0.15) is 53.9 Å². The number of carbonyl (C=O) groups excluding carboxylic acids is 1. The van der Waals surface area contributed by atoms with Gasteiger partial charge in [0.1, 0.15) is 0 Å². The van der Waals surface area contributed by atoms with Crippen LogP contribution in [0.3, 0.4) is 0 Å². The highest BCUT2D eigenvalue weighted by molar-refractivity contribution is 5.79. The zero-order chi connectivity index (χ0) is 13.3. The van der Waals surface area contributed by atoms with Crippen molar-refractivity contribution < 1.29 is 14.6 Å². The molecule has 0 aromatic rings. The Labute approximate surface area is 105 Å². The third-order valence-electron chi connectivity index (χ3n) is 4.10. The van der Waals surface area contributed by atoms with Gasteiger partial charge in [0.15, 0.2) is 5.60 Å². The maximum Gasteiger partial charge on any atom is 0.338 e. The molecule has 0 heterocycles. The van der Waals surface area contributed by atoms with E-state index in [0.29, 0.717) is 17.9 Å². The van der Waals surface area contributed by atoms with Gasteiger partial charge in [0.05, 0.1) is 6.61 Å². The first-order valence-corrected chi connectivity index (χ1v) is 6.60. The van der Waals surface area contributed by atoms with Crippen LogP contribution in [0.15, 0.2) is 0 Å². The Balaban J connectivity index is 2.76. The predicted octanol–water partition coefficient (Wildman–Crippen LogP) is 2.76. The smallest absolute Gasteiger partial charge is 0.338 e. The second kappa shape index (κ2) is 4.97. The fraction of sp³-hybridized carbons (Fsp3) is 0.929. The van der Waals surface area contributed by atoms with E-state index in [1.807, 2.05) is 0 Å². The van der Waals surface area contributed by atoms with Gasteiger partial charge in [-0.25, -0.2) is 4.79 Å². The van der Waals surface area contributed by atoms with E-state index in [9.17, 15) is 9.90 Å². The summed E-state index contributed by atoms with van der Waals surface area (Å²) < 4.78 is 4.97. The van der Waals surface area contributed by atoms with Crippen LogP contribution < -0.4 is 0 Å². The SMILES string of the molecule is CCOC(=O)C(C)(O)C1CCC(C)(C)CC1C. The highest BCUT2D eigenvalue weighted by atomic mass is 16.5. The predicted molar refractivity (Wildman–Crippen MR) is 67.5 cm³/mol. The molecule has 0 aliphatic heterocycles. The number of carbonyl (C=O) groups is 1. The van der Waals surface area contributed by atoms with E-state index in [-0.39, 0.29) is 5.92 Å². The molecule has 100 valence electrons. The van der Waals surface area contributed by atoms with Gasteiger partial charge >= 0.3 is 5.97 Å². The van der Waals surface area contributed by atoms with E-state index in [1.165, 1.54) is 0 Å². The van der Waals surface area contributed by atoms with Crippen molar-refractivity contribution in [3.8, 4) is 0 Å². The van der Waals surface area contributed by atoms with Gasteiger partial charge in [0.2, 0.25) is 0 Å². The van der Waals surface area contributed by atoms with E-state index in [0.717, 1.165) is 19.3 Å². The minimum Gasteiger partial charge on any atom is -0.464 e. The minimum absolute atomic E-state index is 0.00887. The van der Waals surface area contributed by atoms with E-state index < -0.39 is 11.6 Å². The molecule has 0 spiro atoms. The zero-order valence-electron chi connectivity index (χ0n) is 11.7. The monoisotopic (exact) mass is 242 g/mol. The molecule has 3 unspecified atom stereocenters. The summed E-state index contributed by atoms with van der Waals surface area (Å²) in [5.74, 6) is -0.121. The number of aliphatic hydroxyl groups is 1. The Morgan fingerprint density at radius 3 is 2.59 bits per heavy atom. The summed E-state index contributed by atoms with van der Waals surface area (Å²) in [4.78, 5) is 11.8. The lowest BCUT2D eigenvalue weighted by atomic mass is 9.63. The van der Waals surface area contributed by atoms with Crippen molar-refractivity contribution in [2.24, 2.45) is 17.3 Å². The Kier molecular flexibility index (Phi) is 4.23. The molecule has 0 aromatic heterocycles. The summed E-state index contributed by atoms with van der Waals surface area (Å²) in [6, 6.07) is 0. The summed E-state index contributed by atoms with van der Waals surface area (Å²) in [7, 11) is 0. The van der Waals surface area contributed by atoms with E-state index in [1.54, 1.807) is 13.8 Å². The molecular formula is C14H26O3. The first-order valence-electron chi connectivity index (χ1n) is 6.60. The van der Waals surface area contributed by atoms with E-state index in [2.05, 4.69) is 20.8 Å². The van der Waals surface area contributed by atoms with Gasteiger partial charge in [0.25, 0.3) is 0 Å². The molecule has 3 nitrogen and oxygen atoms in total. The summed E-state index contributed by atoms with van der Waals surface area (Å²) in [6.45, 7) is 10.3. The van der Waals surface area contributed by atoms with Crippen LogP contribution in [0.2, 0.25) is 0 Å². The molecule has 0 bridgehead atoms. The van der Waals surface area contributed by atoms with Crippen molar-refractivity contribution in [2.75, 3.05) is 6.61 Å². The molecule has 1 N–H and O–H groups in total. The Hall–Kier alpha value is -0.570. The standard InChI is InChI=1S/C14H26O3/c1-6-17-12(15)14(5,16)11-7-8-13(3,4)9-10(11)2/h10-11,16H,6-9H2,1-5H3. The van der Waals surface area contributed by atoms with Crippen LogP contribution in [0.5, 0.6) is 0 Å². The van der Waals surface area contributed by atoms with Gasteiger partial charge in [-0.15, -0.1) is 0 Å². The lowest BCUT2D eigenvalue weighted by Gasteiger charge is -2.44. The quantitative estimate of drug-likeness (QED) is 0.774. The van der Waals surface area contributed by atoms with E-state index >= 15 is 0 Å². The molecule has 1 aliphatic rings. The number of ether oxygens (including phenoxy) is 1. The van der Waals surface area contributed by atoms with Crippen LogP contribution in [-0.2, 0) is 9.53 Å². The fourth-order valence-corrected chi connectivity index (χ4v) is 3.21. The van der Waals surface area contributed by atoms with Gasteiger partial charge < -0.3 is 9.84 Å². The second-order valence-electron chi connectivity index (χ2n) is 6.36. The van der Waals surface area contributed by atoms with Crippen LogP contribution >= 0.6 is 0 Å². The fourth-order valence-electron chi connectivity index (χ4n) is 3.21. The van der Waals surface area contributed by atoms with Gasteiger partial charge in [-0.1, -0.05) is 20.8 Å². The maximum absolute atomic E-state index is 11.8. The average Bonchev–Trinajstić information content (AvgIpc) is 2.15. The molecule has 1 rings (SSSR count). The minimum atomic E-state index is -1.34. The molecule has 0 aromatic carbocycles. The van der Waals surface area contributed by atoms with Crippen LogP contribution in [0.25, 0.3) is 0 Å². The molecule has 1 saturated carbocycles. The normalized spacial score (nSPS) is 31.6. The molecule has 3 atom stereocenters. The Bertz CT molecular complexity index is 281. The van der Waals surface area contributed by atoms with Gasteiger partial charge in [-0.3, -0.25) is 0 Å². The summed E-state index contributed by atoms with van der Waals surface area (Å²) in [5.41, 5.74) is -1.02.